The molecule has 0 aliphatic carbocycles. The second-order valence-electron chi connectivity index (χ2n) is 7.71. The number of aryl methyl sites for hydroxylation is 3. The lowest BCUT2D eigenvalue weighted by molar-refractivity contribution is 0.311. The number of hydrazone groups is 1. The van der Waals surface area contributed by atoms with Crippen molar-refractivity contribution in [2.45, 2.75) is 26.7 Å². The number of hydrogen-bond acceptors (Lipinski definition) is 5. The van der Waals surface area contributed by atoms with Crippen LogP contribution in [0.3, 0.4) is 0 Å². The SMILES string of the molecule is Cc1ccc(-c2csc(N/N=C\c3ccc(OCCCc4ccccc4)cc3)n2)cc1C. The molecule has 4 rings (SSSR count). The summed E-state index contributed by atoms with van der Waals surface area (Å²) in [5.41, 5.74) is 10.0. The molecular weight excluding hydrogens is 414 g/mol. The van der Waals surface area contributed by atoms with Crippen molar-refractivity contribution in [3.63, 3.8) is 0 Å². The fraction of sp³-hybridized carbons (Fsp3) is 0.185. The van der Waals surface area contributed by atoms with E-state index < -0.39 is 0 Å². The number of nitrogens with zero attached hydrogens (tertiary/aromatic N) is 2. The van der Waals surface area contributed by atoms with E-state index in [-0.39, 0.29) is 0 Å². The normalized spacial score (nSPS) is 11.1. The molecule has 162 valence electrons. The van der Waals surface area contributed by atoms with Crippen LogP contribution in [-0.2, 0) is 6.42 Å². The van der Waals surface area contributed by atoms with Crippen LogP contribution in [0.5, 0.6) is 5.75 Å². The van der Waals surface area contributed by atoms with Crippen LogP contribution in [0.15, 0.2) is 83.3 Å². The van der Waals surface area contributed by atoms with E-state index in [9.17, 15) is 0 Å². The maximum atomic E-state index is 5.85. The highest BCUT2D eigenvalue weighted by atomic mass is 32.1. The average molecular weight is 442 g/mol. The number of aromatic nitrogens is 1. The first kappa shape index (κ1) is 21.8. The third kappa shape index (κ3) is 6.05. The first-order chi connectivity index (χ1) is 15.7. The van der Waals surface area contributed by atoms with Crippen molar-refractivity contribution in [2.75, 3.05) is 12.0 Å². The zero-order valence-electron chi connectivity index (χ0n) is 18.4. The summed E-state index contributed by atoms with van der Waals surface area (Å²) < 4.78 is 5.85. The molecule has 0 unspecified atom stereocenters. The molecule has 0 amide bonds. The van der Waals surface area contributed by atoms with Crippen LogP contribution < -0.4 is 10.2 Å². The molecule has 0 radical (unpaired) electrons. The molecule has 0 atom stereocenters. The van der Waals surface area contributed by atoms with E-state index in [1.807, 2.05) is 35.7 Å². The lowest BCUT2D eigenvalue weighted by Gasteiger charge is -2.06. The molecule has 0 bridgehead atoms. The summed E-state index contributed by atoms with van der Waals surface area (Å²) in [6, 6.07) is 24.9. The fourth-order valence-electron chi connectivity index (χ4n) is 3.28. The van der Waals surface area contributed by atoms with Gasteiger partial charge in [-0.3, -0.25) is 5.43 Å². The molecule has 0 aliphatic heterocycles. The van der Waals surface area contributed by atoms with Gasteiger partial charge in [-0.05, 0) is 79.3 Å². The van der Waals surface area contributed by atoms with Crippen molar-refractivity contribution in [1.82, 2.24) is 4.98 Å². The van der Waals surface area contributed by atoms with Gasteiger partial charge >= 0.3 is 0 Å². The summed E-state index contributed by atoms with van der Waals surface area (Å²) in [5, 5.41) is 7.14. The lowest BCUT2D eigenvalue weighted by atomic mass is 10.1. The quantitative estimate of drug-likeness (QED) is 0.175. The minimum atomic E-state index is 0.705. The minimum absolute atomic E-state index is 0.705. The van der Waals surface area contributed by atoms with Crippen molar-refractivity contribution < 1.29 is 4.74 Å². The minimum Gasteiger partial charge on any atom is -0.494 e. The standard InChI is InChI=1S/C27H27N3OS/c1-20-10-13-24(17-21(20)2)26-19-32-27(29-26)30-28-18-23-11-14-25(15-12-23)31-16-6-9-22-7-4-3-5-8-22/h3-5,7-8,10-15,17-19H,6,9,16H2,1-2H3,(H,29,30)/b28-18-. The Bertz CT molecular complexity index is 1170. The molecular formula is C27H27N3OS. The second kappa shape index (κ2) is 10.7. The maximum absolute atomic E-state index is 5.85. The van der Waals surface area contributed by atoms with Gasteiger partial charge in [0.1, 0.15) is 5.75 Å². The van der Waals surface area contributed by atoms with Gasteiger partial charge in [0, 0.05) is 10.9 Å². The van der Waals surface area contributed by atoms with Gasteiger partial charge in [-0.2, -0.15) is 5.10 Å². The number of thiazole rings is 1. The van der Waals surface area contributed by atoms with Gasteiger partial charge in [0.15, 0.2) is 0 Å². The topological polar surface area (TPSA) is 46.5 Å². The molecule has 4 nitrogen and oxygen atoms in total. The molecule has 4 aromatic rings. The Balaban J connectivity index is 1.24. The van der Waals surface area contributed by atoms with Crippen LogP contribution in [0.4, 0.5) is 5.13 Å². The van der Waals surface area contributed by atoms with Crippen LogP contribution in [0.1, 0.15) is 28.7 Å². The predicted molar refractivity (Wildman–Crippen MR) is 135 cm³/mol. The van der Waals surface area contributed by atoms with Gasteiger partial charge in [-0.25, -0.2) is 4.98 Å². The van der Waals surface area contributed by atoms with E-state index in [0.29, 0.717) is 6.61 Å². The third-order valence-electron chi connectivity index (χ3n) is 5.28. The first-order valence-corrected chi connectivity index (χ1v) is 11.6. The molecule has 1 N–H and O–H groups in total. The van der Waals surface area contributed by atoms with Crippen molar-refractivity contribution in [3.05, 3.63) is 100 Å². The van der Waals surface area contributed by atoms with E-state index in [4.69, 9.17) is 4.74 Å². The average Bonchev–Trinajstić information content (AvgIpc) is 3.29. The van der Waals surface area contributed by atoms with Crippen LogP contribution in [0, 0.1) is 13.8 Å². The summed E-state index contributed by atoms with van der Waals surface area (Å²) in [6.45, 7) is 4.94. The Morgan fingerprint density at radius 1 is 0.969 bits per heavy atom. The van der Waals surface area contributed by atoms with Gasteiger partial charge in [0.2, 0.25) is 5.13 Å². The van der Waals surface area contributed by atoms with Gasteiger partial charge in [0.25, 0.3) is 0 Å². The maximum Gasteiger partial charge on any atom is 0.203 e. The number of nitrogens with one attached hydrogen (secondary N) is 1. The Kier molecular flexibility index (Phi) is 7.31. The lowest BCUT2D eigenvalue weighted by Crippen LogP contribution is -1.99. The van der Waals surface area contributed by atoms with E-state index in [2.05, 4.69) is 71.8 Å². The number of rotatable bonds is 9. The van der Waals surface area contributed by atoms with Crippen LogP contribution in [0.2, 0.25) is 0 Å². The van der Waals surface area contributed by atoms with Gasteiger partial charge in [-0.1, -0.05) is 42.5 Å². The molecule has 32 heavy (non-hydrogen) atoms. The van der Waals surface area contributed by atoms with Gasteiger partial charge < -0.3 is 4.74 Å². The van der Waals surface area contributed by atoms with E-state index in [1.165, 1.54) is 16.7 Å². The molecule has 3 aromatic carbocycles. The molecule has 5 heteroatoms. The number of ether oxygens (including phenoxy) is 1. The van der Waals surface area contributed by atoms with Crippen molar-refractivity contribution >= 4 is 22.7 Å². The predicted octanol–water partition coefficient (Wildman–Crippen LogP) is 6.88. The Morgan fingerprint density at radius 2 is 1.78 bits per heavy atom. The molecule has 0 saturated carbocycles. The summed E-state index contributed by atoms with van der Waals surface area (Å²) in [7, 11) is 0. The Morgan fingerprint density at radius 3 is 2.56 bits per heavy atom. The fourth-order valence-corrected chi connectivity index (χ4v) is 3.95. The second-order valence-corrected chi connectivity index (χ2v) is 8.57. The Labute approximate surface area is 193 Å². The summed E-state index contributed by atoms with van der Waals surface area (Å²) in [5.74, 6) is 0.876. The smallest absolute Gasteiger partial charge is 0.203 e. The van der Waals surface area contributed by atoms with Crippen molar-refractivity contribution in [1.29, 1.82) is 0 Å². The van der Waals surface area contributed by atoms with E-state index in [0.717, 1.165) is 40.5 Å². The van der Waals surface area contributed by atoms with Gasteiger partial charge in [-0.15, -0.1) is 11.3 Å². The summed E-state index contributed by atoms with van der Waals surface area (Å²) in [6.07, 6.45) is 3.81. The third-order valence-corrected chi connectivity index (χ3v) is 6.03. The van der Waals surface area contributed by atoms with Crippen molar-refractivity contribution in [3.8, 4) is 17.0 Å². The highest BCUT2D eigenvalue weighted by molar-refractivity contribution is 7.14. The van der Waals surface area contributed by atoms with Crippen molar-refractivity contribution in [2.24, 2.45) is 5.10 Å². The molecule has 1 aromatic heterocycles. The molecule has 0 spiro atoms. The first-order valence-electron chi connectivity index (χ1n) is 10.8. The molecule has 0 fully saturated rings. The zero-order chi connectivity index (χ0) is 22.2. The number of hydrogen-bond donors (Lipinski definition) is 1. The van der Waals surface area contributed by atoms with Crippen LogP contribution >= 0.6 is 11.3 Å². The van der Waals surface area contributed by atoms with E-state index >= 15 is 0 Å². The number of benzene rings is 3. The highest BCUT2D eigenvalue weighted by Gasteiger charge is 2.05. The van der Waals surface area contributed by atoms with Crippen LogP contribution in [0.25, 0.3) is 11.3 Å². The molecule has 0 saturated heterocycles. The Hall–Kier alpha value is -3.44. The summed E-state index contributed by atoms with van der Waals surface area (Å²) >= 11 is 1.55. The monoisotopic (exact) mass is 441 g/mol. The largest absolute Gasteiger partial charge is 0.494 e. The molecule has 1 heterocycles. The molecule has 0 aliphatic rings. The summed E-state index contributed by atoms with van der Waals surface area (Å²) in [4.78, 5) is 4.63. The zero-order valence-corrected chi connectivity index (χ0v) is 19.2. The van der Waals surface area contributed by atoms with Gasteiger partial charge in [0.05, 0.1) is 18.5 Å². The number of anilines is 1. The van der Waals surface area contributed by atoms with Crippen LogP contribution in [-0.4, -0.2) is 17.8 Å². The van der Waals surface area contributed by atoms with E-state index in [1.54, 1.807) is 17.6 Å². The highest BCUT2D eigenvalue weighted by Crippen LogP contribution is 2.26.